The molecule has 0 spiro atoms. The Labute approximate surface area is 148 Å². The van der Waals surface area contributed by atoms with E-state index in [4.69, 9.17) is 14.2 Å². The molecule has 4 heteroatoms. The summed E-state index contributed by atoms with van der Waals surface area (Å²) in [6.07, 6.45) is 1.82. The van der Waals surface area contributed by atoms with Crippen LogP contribution in [-0.4, -0.2) is 19.8 Å². The van der Waals surface area contributed by atoms with Gasteiger partial charge >= 0.3 is 0 Å². The van der Waals surface area contributed by atoms with Crippen LogP contribution in [0.3, 0.4) is 0 Å². The van der Waals surface area contributed by atoms with Crippen molar-refractivity contribution < 1.29 is 14.2 Å². The van der Waals surface area contributed by atoms with Gasteiger partial charge in [0, 0.05) is 29.5 Å². The topological polar surface area (TPSA) is 39.7 Å². The molecule has 2 aromatic carbocycles. The van der Waals surface area contributed by atoms with Gasteiger partial charge in [-0.2, -0.15) is 0 Å². The van der Waals surface area contributed by atoms with Crippen molar-refractivity contribution >= 4 is 11.3 Å². The molecule has 0 aromatic heterocycles. The average Bonchev–Trinajstić information content (AvgIpc) is 2.58. The van der Waals surface area contributed by atoms with Crippen LogP contribution < -0.4 is 14.8 Å². The molecule has 0 saturated heterocycles. The van der Waals surface area contributed by atoms with E-state index in [0.29, 0.717) is 0 Å². The van der Waals surface area contributed by atoms with Crippen molar-refractivity contribution in [3.63, 3.8) is 0 Å². The molecule has 2 aromatic rings. The van der Waals surface area contributed by atoms with Crippen molar-refractivity contribution in [2.45, 2.75) is 32.6 Å². The predicted octanol–water partition coefficient (Wildman–Crippen LogP) is 5.01. The smallest absolute Gasteiger partial charge is 0.227 e. The Balaban J connectivity index is 1.99. The summed E-state index contributed by atoms with van der Waals surface area (Å²) in [7, 11) is 3.36. The summed E-state index contributed by atoms with van der Waals surface area (Å²) in [5.41, 5.74) is 6.65. The van der Waals surface area contributed by atoms with Crippen molar-refractivity contribution in [3.05, 3.63) is 47.5 Å². The van der Waals surface area contributed by atoms with Gasteiger partial charge in [0.25, 0.3) is 0 Å². The number of ether oxygens (including phenoxy) is 3. The van der Waals surface area contributed by atoms with E-state index in [0.717, 1.165) is 39.4 Å². The second kappa shape index (κ2) is 5.53. The first kappa shape index (κ1) is 16.0. The number of methoxy groups -OCH3 is 2. The van der Waals surface area contributed by atoms with Gasteiger partial charge in [-0.05, 0) is 56.2 Å². The molecule has 0 saturated carbocycles. The highest BCUT2D eigenvalue weighted by Gasteiger charge is 2.33. The first-order valence-electron chi connectivity index (χ1n) is 8.46. The number of nitrogens with one attached hydrogen (secondary N) is 1. The molecule has 0 radical (unpaired) electrons. The van der Waals surface area contributed by atoms with Gasteiger partial charge < -0.3 is 19.5 Å². The maximum Gasteiger partial charge on any atom is 0.227 e. The third kappa shape index (κ3) is 2.48. The second-order valence-corrected chi connectivity index (χ2v) is 7.17. The Hall–Kier alpha value is -2.46. The lowest BCUT2D eigenvalue weighted by molar-refractivity contribution is -0.0579. The normalized spacial score (nSPS) is 19.6. The monoisotopic (exact) mass is 337 g/mol. The molecule has 4 rings (SSSR count). The highest BCUT2D eigenvalue weighted by atomic mass is 16.7. The van der Waals surface area contributed by atoms with Crippen molar-refractivity contribution in [3.8, 4) is 22.6 Å². The quantitative estimate of drug-likeness (QED) is 0.836. The number of benzene rings is 2. The third-order valence-corrected chi connectivity index (χ3v) is 4.83. The molecule has 130 valence electrons. The van der Waals surface area contributed by atoms with Gasteiger partial charge in [0.1, 0.15) is 11.5 Å². The molecular weight excluding hydrogens is 314 g/mol. The van der Waals surface area contributed by atoms with Crippen LogP contribution in [0.1, 0.15) is 38.2 Å². The zero-order valence-corrected chi connectivity index (χ0v) is 15.3. The zero-order valence-electron chi connectivity index (χ0n) is 15.3. The summed E-state index contributed by atoms with van der Waals surface area (Å²) in [6, 6.07) is 10.2. The SMILES string of the molecule is COc1ccc2c(c1)-c1ccc3c(c1C(OC)O2)C(C)=CC(C)(C)N3. The Morgan fingerprint density at radius 3 is 2.60 bits per heavy atom. The minimum Gasteiger partial charge on any atom is -0.497 e. The van der Waals surface area contributed by atoms with Gasteiger partial charge in [0.15, 0.2) is 0 Å². The number of fused-ring (bicyclic) bond motifs is 5. The zero-order chi connectivity index (χ0) is 17.8. The maximum absolute atomic E-state index is 6.14. The summed E-state index contributed by atoms with van der Waals surface area (Å²) in [4.78, 5) is 0. The minimum absolute atomic E-state index is 0.0788. The minimum atomic E-state index is -0.433. The summed E-state index contributed by atoms with van der Waals surface area (Å²) >= 11 is 0. The van der Waals surface area contributed by atoms with Crippen LogP contribution in [0.4, 0.5) is 5.69 Å². The van der Waals surface area contributed by atoms with Crippen LogP contribution in [0.2, 0.25) is 0 Å². The van der Waals surface area contributed by atoms with Gasteiger partial charge in [0.05, 0.1) is 12.6 Å². The molecule has 0 bridgehead atoms. The van der Waals surface area contributed by atoms with E-state index in [9.17, 15) is 0 Å². The summed E-state index contributed by atoms with van der Waals surface area (Å²) < 4.78 is 17.2. The van der Waals surface area contributed by atoms with Crippen molar-refractivity contribution in [2.24, 2.45) is 0 Å². The third-order valence-electron chi connectivity index (χ3n) is 4.83. The largest absolute Gasteiger partial charge is 0.497 e. The molecule has 2 aliphatic heterocycles. The lowest BCUT2D eigenvalue weighted by Gasteiger charge is -2.36. The number of hydrogen-bond acceptors (Lipinski definition) is 4. The predicted molar refractivity (Wildman–Crippen MR) is 100 cm³/mol. The van der Waals surface area contributed by atoms with E-state index in [-0.39, 0.29) is 5.54 Å². The molecule has 1 unspecified atom stereocenters. The first-order chi connectivity index (χ1) is 11.9. The number of anilines is 1. The molecule has 25 heavy (non-hydrogen) atoms. The van der Waals surface area contributed by atoms with E-state index >= 15 is 0 Å². The highest BCUT2D eigenvalue weighted by Crippen LogP contribution is 2.49. The molecule has 4 nitrogen and oxygen atoms in total. The van der Waals surface area contributed by atoms with Crippen LogP contribution in [0, 0.1) is 0 Å². The van der Waals surface area contributed by atoms with E-state index in [1.54, 1.807) is 14.2 Å². The van der Waals surface area contributed by atoms with Gasteiger partial charge in [-0.3, -0.25) is 0 Å². The summed E-state index contributed by atoms with van der Waals surface area (Å²) in [5, 5.41) is 3.60. The summed E-state index contributed by atoms with van der Waals surface area (Å²) in [6.45, 7) is 6.49. The average molecular weight is 337 g/mol. The van der Waals surface area contributed by atoms with E-state index < -0.39 is 6.29 Å². The van der Waals surface area contributed by atoms with E-state index in [1.807, 2.05) is 18.2 Å². The first-order valence-corrected chi connectivity index (χ1v) is 8.46. The molecule has 2 heterocycles. The van der Waals surface area contributed by atoms with Gasteiger partial charge in [-0.1, -0.05) is 12.1 Å². The number of hydrogen-bond donors (Lipinski definition) is 1. The van der Waals surface area contributed by atoms with Crippen LogP contribution in [0.5, 0.6) is 11.5 Å². The van der Waals surface area contributed by atoms with E-state index in [1.165, 1.54) is 5.57 Å². The van der Waals surface area contributed by atoms with Gasteiger partial charge in [-0.15, -0.1) is 0 Å². The molecule has 0 amide bonds. The molecular formula is C21H23NO3. The molecule has 0 fully saturated rings. The number of rotatable bonds is 2. The molecule has 1 atom stereocenters. The van der Waals surface area contributed by atoms with Crippen LogP contribution in [0.15, 0.2) is 36.4 Å². The van der Waals surface area contributed by atoms with Crippen molar-refractivity contribution in [1.29, 1.82) is 0 Å². The van der Waals surface area contributed by atoms with E-state index in [2.05, 4.69) is 44.3 Å². The summed E-state index contributed by atoms with van der Waals surface area (Å²) in [5.74, 6) is 1.62. The standard InChI is InChI=1S/C21H23NO3/c1-12-11-21(2,3)22-16-8-7-14-15-10-13(23-4)6-9-17(15)25-20(24-5)19(14)18(12)16/h6-11,20,22H,1-5H3. The van der Waals surface area contributed by atoms with Crippen molar-refractivity contribution in [2.75, 3.05) is 19.5 Å². The van der Waals surface area contributed by atoms with Crippen LogP contribution in [-0.2, 0) is 4.74 Å². The molecule has 2 aliphatic rings. The number of allylic oxidation sites excluding steroid dienone is 1. The lowest BCUT2D eigenvalue weighted by Crippen LogP contribution is -2.32. The maximum atomic E-state index is 6.14. The molecule has 0 aliphatic carbocycles. The Morgan fingerprint density at radius 2 is 1.88 bits per heavy atom. The Bertz CT molecular complexity index is 883. The Kier molecular flexibility index (Phi) is 3.55. The second-order valence-electron chi connectivity index (χ2n) is 7.17. The van der Waals surface area contributed by atoms with Gasteiger partial charge in [0.2, 0.25) is 6.29 Å². The fourth-order valence-electron chi connectivity index (χ4n) is 3.91. The highest BCUT2D eigenvalue weighted by molar-refractivity contribution is 5.89. The van der Waals surface area contributed by atoms with Crippen LogP contribution >= 0.6 is 0 Å². The van der Waals surface area contributed by atoms with Gasteiger partial charge in [-0.25, -0.2) is 0 Å². The van der Waals surface area contributed by atoms with Crippen LogP contribution in [0.25, 0.3) is 16.7 Å². The van der Waals surface area contributed by atoms with Crippen molar-refractivity contribution in [1.82, 2.24) is 0 Å². The fraction of sp³-hybridized carbons (Fsp3) is 0.333. The molecule has 1 N–H and O–H groups in total. The fourth-order valence-corrected chi connectivity index (χ4v) is 3.91. The lowest BCUT2D eigenvalue weighted by atomic mass is 9.84. The Morgan fingerprint density at radius 1 is 1.08 bits per heavy atom.